The summed E-state index contributed by atoms with van der Waals surface area (Å²) < 4.78 is 38.2. The van der Waals surface area contributed by atoms with Crippen LogP contribution in [-0.2, 0) is 38.0 Å². The summed E-state index contributed by atoms with van der Waals surface area (Å²) >= 11 is 0. The van der Waals surface area contributed by atoms with Crippen LogP contribution in [0.25, 0.3) is 0 Å². The Morgan fingerprint density at radius 2 is 1.58 bits per heavy atom. The molecule has 14 nitrogen and oxygen atoms in total. The first-order valence-electron chi connectivity index (χ1n) is 20.0. The lowest BCUT2D eigenvalue weighted by Gasteiger charge is -2.70. The van der Waals surface area contributed by atoms with Gasteiger partial charge in [0.1, 0.15) is 23.9 Å². The van der Waals surface area contributed by atoms with Crippen LogP contribution < -0.4 is 0 Å². The number of nitrogens with zero attached hydrogens (tertiary/aromatic N) is 1. The lowest BCUT2D eigenvalue weighted by Crippen LogP contribution is -2.81. The summed E-state index contributed by atoms with van der Waals surface area (Å²) in [6.07, 6.45) is -2.51. The van der Waals surface area contributed by atoms with Crippen molar-refractivity contribution in [3.63, 3.8) is 0 Å². The number of carboxylic acids is 1. The van der Waals surface area contributed by atoms with Gasteiger partial charge in [0, 0.05) is 88.9 Å². The minimum absolute atomic E-state index is 0.0370. The first-order chi connectivity index (χ1) is 26.4. The van der Waals surface area contributed by atoms with Crippen LogP contribution in [0.1, 0.15) is 75.1 Å². The van der Waals surface area contributed by atoms with Gasteiger partial charge < -0.3 is 48.8 Å². The van der Waals surface area contributed by atoms with Gasteiger partial charge in [-0.3, -0.25) is 14.5 Å². The fraction of sp³-hybridized carbons (Fsp3) is 0.780. The van der Waals surface area contributed by atoms with Gasteiger partial charge in [0.05, 0.1) is 30.5 Å². The predicted molar refractivity (Wildman–Crippen MR) is 195 cm³/mol. The lowest BCUT2D eigenvalue weighted by atomic mass is 9.42. The molecular weight excluding hydrogens is 714 g/mol. The number of hydrogen-bond donors (Lipinski definition) is 4. The van der Waals surface area contributed by atoms with E-state index in [9.17, 15) is 29.7 Å². The molecule has 5 saturated carbocycles. The Labute approximate surface area is 322 Å². The van der Waals surface area contributed by atoms with Gasteiger partial charge in [0.25, 0.3) is 0 Å². The molecule has 1 spiro atoms. The average molecular weight is 774 g/mol. The van der Waals surface area contributed by atoms with Crippen molar-refractivity contribution in [3.8, 4) is 0 Å². The molecule has 6 fully saturated rings. The molecule has 1 aliphatic heterocycles. The Morgan fingerprint density at radius 3 is 2.20 bits per heavy atom. The summed E-state index contributed by atoms with van der Waals surface area (Å²) in [5.74, 6) is -4.65. The Morgan fingerprint density at radius 1 is 0.891 bits per heavy atom. The highest BCUT2D eigenvalue weighted by Crippen LogP contribution is 2.80. The molecule has 55 heavy (non-hydrogen) atoms. The highest BCUT2D eigenvalue weighted by Gasteiger charge is 2.92. The van der Waals surface area contributed by atoms with E-state index in [1.54, 1.807) is 51.7 Å². The highest BCUT2D eigenvalue weighted by molar-refractivity contribution is 5.89. The zero-order valence-electron chi connectivity index (χ0n) is 32.6. The van der Waals surface area contributed by atoms with Gasteiger partial charge in [-0.2, -0.15) is 0 Å². The number of hydrogen-bond acceptors (Lipinski definition) is 13. The number of aliphatic carboxylic acids is 1. The Hall–Kier alpha value is -2.69. The van der Waals surface area contributed by atoms with Crippen LogP contribution >= 0.6 is 0 Å². The van der Waals surface area contributed by atoms with E-state index in [2.05, 4.69) is 4.90 Å². The second-order valence-electron chi connectivity index (χ2n) is 17.0. The number of piperidine rings is 1. The Bertz CT molecular complexity index is 1580. The number of aliphatic hydroxyl groups excluding tert-OH is 2. The second-order valence-corrected chi connectivity index (χ2v) is 17.0. The summed E-state index contributed by atoms with van der Waals surface area (Å²) in [5.41, 5.74) is -5.04. The smallest absolute Gasteiger partial charge is 0.338 e. The van der Waals surface area contributed by atoms with Crippen molar-refractivity contribution in [1.82, 2.24) is 4.90 Å². The van der Waals surface area contributed by atoms with Crippen LogP contribution in [0.15, 0.2) is 30.3 Å². The number of benzene rings is 1. The number of ether oxygens (including phenoxy) is 6. The molecule has 1 aromatic rings. The van der Waals surface area contributed by atoms with Crippen molar-refractivity contribution in [2.24, 2.45) is 34.5 Å². The monoisotopic (exact) mass is 773 g/mol. The third-order valence-electron chi connectivity index (χ3n) is 14.9. The van der Waals surface area contributed by atoms with Crippen LogP contribution in [0.2, 0.25) is 0 Å². The van der Waals surface area contributed by atoms with E-state index in [0.29, 0.717) is 38.8 Å². The van der Waals surface area contributed by atoms with Gasteiger partial charge in [-0.1, -0.05) is 44.4 Å². The van der Waals surface area contributed by atoms with E-state index in [4.69, 9.17) is 33.5 Å². The van der Waals surface area contributed by atoms with E-state index in [1.165, 1.54) is 7.11 Å². The molecule has 5 aliphatic carbocycles. The molecule has 1 aromatic carbocycles. The van der Waals surface area contributed by atoms with E-state index in [0.717, 1.165) is 12.8 Å². The van der Waals surface area contributed by atoms with Gasteiger partial charge in [-0.25, -0.2) is 4.79 Å². The van der Waals surface area contributed by atoms with Gasteiger partial charge in [-0.15, -0.1) is 0 Å². The normalized spacial score (nSPS) is 43.6. The van der Waals surface area contributed by atoms with Crippen molar-refractivity contribution in [2.45, 2.75) is 119 Å². The molecule has 7 bridgehead atoms. The van der Waals surface area contributed by atoms with E-state index < -0.39 is 106 Å². The minimum Gasteiger partial charge on any atom is -0.481 e. The van der Waals surface area contributed by atoms with Gasteiger partial charge in [0.15, 0.2) is 5.60 Å². The minimum atomic E-state index is -1.88. The molecule has 306 valence electrons. The topological polar surface area (TPSA) is 191 Å². The number of esters is 2. The fourth-order valence-electron chi connectivity index (χ4n) is 13.4. The van der Waals surface area contributed by atoms with Crippen LogP contribution in [0, 0.1) is 34.5 Å². The quantitative estimate of drug-likeness (QED) is 0.133. The number of fused-ring (bicyclic) bond motifs is 2. The van der Waals surface area contributed by atoms with Crippen LogP contribution in [-0.4, -0.2) is 145 Å². The number of unbranched alkanes of at least 4 members (excludes halogenated alkanes) is 4. The number of carboxylic acid groups (broad SMARTS) is 1. The summed E-state index contributed by atoms with van der Waals surface area (Å²) in [6, 6.07) is 8.11. The maximum Gasteiger partial charge on any atom is 0.338 e. The van der Waals surface area contributed by atoms with Crippen molar-refractivity contribution in [2.75, 3.05) is 48.1 Å². The average Bonchev–Trinajstić information content (AvgIpc) is 3.54. The molecule has 0 radical (unpaired) electrons. The van der Waals surface area contributed by atoms with E-state index in [-0.39, 0.29) is 31.4 Å². The summed E-state index contributed by atoms with van der Waals surface area (Å²) in [4.78, 5) is 41.6. The third-order valence-corrected chi connectivity index (χ3v) is 14.9. The largest absolute Gasteiger partial charge is 0.481 e. The molecule has 4 N–H and O–H groups in total. The number of carbonyl (C=O) groups is 3. The second kappa shape index (κ2) is 15.2. The number of carbonyl (C=O) groups excluding carboxylic acids is 2. The summed E-state index contributed by atoms with van der Waals surface area (Å²) in [6.45, 7) is 3.28. The zero-order valence-corrected chi connectivity index (χ0v) is 32.6. The number of aliphatic hydroxyl groups is 3. The van der Waals surface area contributed by atoms with Gasteiger partial charge in [0.2, 0.25) is 0 Å². The molecule has 1 saturated heterocycles. The van der Waals surface area contributed by atoms with E-state index in [1.807, 2.05) is 6.92 Å². The molecule has 6 aliphatic rings. The zero-order chi connectivity index (χ0) is 39.5. The molecule has 0 amide bonds. The van der Waals surface area contributed by atoms with Gasteiger partial charge >= 0.3 is 17.9 Å². The summed E-state index contributed by atoms with van der Waals surface area (Å²) in [7, 11) is 6.26. The van der Waals surface area contributed by atoms with Gasteiger partial charge in [-0.05, 0) is 43.9 Å². The maximum atomic E-state index is 14.3. The fourth-order valence-corrected chi connectivity index (χ4v) is 13.4. The molecule has 7 rings (SSSR count). The standard InChI is InChI=1S/C41H59NO13/c1-6-42-21-38(22-50-2)25(43)19-26(51-3)40-24-20-39(49)35(54-37(48)23-15-11-10-12-16-23)29(24)41(34(47)36(39)53-5,30(33(40)42)31(52-4)32(38)40)55-28(46)18-14-9-7-8-13-17-27(44)45/h10-12,15-16,24-26,29-36,43,47,49H,6-9,13-14,17-22H2,1-5H3,(H,44,45)/t24-,25-,26+,29-,30+,31+,32-,33?,34+,35-,36+,38+,39-,40+,41-/m1/s1. The first kappa shape index (κ1) is 40.5. The molecule has 14 heteroatoms. The Balaban J connectivity index is 1.38. The summed E-state index contributed by atoms with van der Waals surface area (Å²) in [5, 5.41) is 47.0. The molecule has 1 heterocycles. The first-order valence-corrected chi connectivity index (χ1v) is 20.0. The van der Waals surface area contributed by atoms with Crippen molar-refractivity contribution < 1.29 is 63.2 Å². The number of rotatable bonds is 17. The van der Waals surface area contributed by atoms with Crippen LogP contribution in [0.3, 0.4) is 0 Å². The molecule has 0 aromatic heterocycles. The number of likely N-dealkylation sites (tertiary alicyclic amines) is 1. The Kier molecular flexibility index (Phi) is 11.2. The van der Waals surface area contributed by atoms with Crippen LogP contribution in [0.5, 0.6) is 0 Å². The molecular formula is C41H59NO13. The van der Waals surface area contributed by atoms with Crippen molar-refractivity contribution in [1.29, 1.82) is 0 Å². The van der Waals surface area contributed by atoms with Crippen LogP contribution in [0.4, 0.5) is 0 Å². The van der Waals surface area contributed by atoms with E-state index >= 15 is 0 Å². The highest BCUT2D eigenvalue weighted by atomic mass is 16.6. The third kappa shape index (κ3) is 5.67. The molecule has 1 unspecified atom stereocenters. The maximum absolute atomic E-state index is 14.3. The van der Waals surface area contributed by atoms with Crippen molar-refractivity contribution in [3.05, 3.63) is 35.9 Å². The van der Waals surface area contributed by atoms with Crippen molar-refractivity contribution >= 4 is 17.9 Å². The SMILES string of the molecule is CCN1C[C@]2(COC)[C@H](O)C[C@H](OC)[C@]34C1[C@H]([C@H](OC)[C@H]23)[C@]1(OC(=O)CCCCCCCC(=O)O)[C@H]2[C@@H](OC(=O)c3ccccc3)[C@](O)(C[C@H]24)[C@@H](OC)[C@@H]1O. The molecule has 15 atom stereocenters. The lowest BCUT2D eigenvalue weighted by molar-refractivity contribution is -0.323. The predicted octanol–water partition coefficient (Wildman–Crippen LogP) is 2.44. The number of methoxy groups -OCH3 is 4.